The Bertz CT molecular complexity index is 952. The van der Waals surface area contributed by atoms with E-state index in [9.17, 15) is 9.59 Å². The van der Waals surface area contributed by atoms with E-state index in [0.717, 1.165) is 56.1 Å². The smallest absolute Gasteiger partial charge is 0.265 e. The SMILES string of the molecule is CCN(CC)c1ccc(NC(=O)CN2C[C@H](C(=O)N3CCCCC3)Oc3ccccc32)cc1. The summed E-state index contributed by atoms with van der Waals surface area (Å²) in [6.07, 6.45) is 2.64. The highest BCUT2D eigenvalue weighted by atomic mass is 16.5. The number of ether oxygens (including phenoxy) is 1. The van der Waals surface area contributed by atoms with Crippen LogP contribution < -0.4 is 19.9 Å². The normalized spacial score (nSPS) is 17.7. The molecule has 0 aromatic heterocycles. The monoisotopic (exact) mass is 450 g/mol. The van der Waals surface area contributed by atoms with Gasteiger partial charge >= 0.3 is 0 Å². The number of hydrogen-bond acceptors (Lipinski definition) is 5. The third kappa shape index (κ3) is 5.41. The molecule has 7 nitrogen and oxygen atoms in total. The Hall–Kier alpha value is -3.22. The average Bonchev–Trinajstić information content (AvgIpc) is 2.85. The van der Waals surface area contributed by atoms with Gasteiger partial charge in [0.25, 0.3) is 5.91 Å². The standard InChI is InChI=1S/C26H34N4O3/c1-3-28(4-2)21-14-12-20(13-15-21)27-25(31)19-30-18-24(26(32)29-16-8-5-9-17-29)33-23-11-7-6-10-22(23)30/h6-7,10-15,24H,3-5,8-9,16-19H2,1-2H3,(H,27,31)/t24-/m1/s1. The van der Waals surface area contributed by atoms with Crippen LogP contribution in [0.3, 0.4) is 0 Å². The number of carbonyl (C=O) groups excluding carboxylic acids is 2. The average molecular weight is 451 g/mol. The Morgan fingerprint density at radius 2 is 1.70 bits per heavy atom. The first-order valence-electron chi connectivity index (χ1n) is 12.0. The Morgan fingerprint density at radius 1 is 1.00 bits per heavy atom. The number of fused-ring (bicyclic) bond motifs is 1. The maximum Gasteiger partial charge on any atom is 0.265 e. The van der Waals surface area contributed by atoms with E-state index < -0.39 is 6.10 Å². The molecule has 2 aliphatic rings. The number of piperidine rings is 1. The first kappa shape index (κ1) is 23.0. The van der Waals surface area contributed by atoms with Crippen molar-refractivity contribution in [3.8, 4) is 5.75 Å². The summed E-state index contributed by atoms with van der Waals surface area (Å²) in [7, 11) is 0. The van der Waals surface area contributed by atoms with Crippen LogP contribution in [0, 0.1) is 0 Å². The first-order valence-corrected chi connectivity index (χ1v) is 12.0. The van der Waals surface area contributed by atoms with E-state index in [4.69, 9.17) is 4.74 Å². The summed E-state index contributed by atoms with van der Waals surface area (Å²) in [5.74, 6) is 0.545. The maximum absolute atomic E-state index is 13.1. The summed E-state index contributed by atoms with van der Waals surface area (Å²) in [5, 5.41) is 2.99. The third-order valence-electron chi connectivity index (χ3n) is 6.42. The quantitative estimate of drug-likeness (QED) is 0.696. The number of hydrogen-bond donors (Lipinski definition) is 1. The fraction of sp³-hybridized carbons (Fsp3) is 0.462. The summed E-state index contributed by atoms with van der Waals surface area (Å²) in [6.45, 7) is 8.22. The number of nitrogens with one attached hydrogen (secondary N) is 1. The molecule has 1 saturated heterocycles. The van der Waals surface area contributed by atoms with Gasteiger partial charge in [-0.15, -0.1) is 0 Å². The highest BCUT2D eigenvalue weighted by molar-refractivity contribution is 5.95. The van der Waals surface area contributed by atoms with Crippen LogP contribution in [0.4, 0.5) is 17.1 Å². The minimum Gasteiger partial charge on any atom is -0.477 e. The molecule has 2 heterocycles. The summed E-state index contributed by atoms with van der Waals surface area (Å²) in [5.41, 5.74) is 2.74. The van der Waals surface area contributed by atoms with Crippen LogP contribution in [0.15, 0.2) is 48.5 Å². The van der Waals surface area contributed by atoms with E-state index in [0.29, 0.717) is 12.3 Å². The molecule has 1 fully saturated rings. The minimum atomic E-state index is -0.598. The predicted octanol–water partition coefficient (Wildman–Crippen LogP) is 3.75. The van der Waals surface area contributed by atoms with Gasteiger partial charge in [0, 0.05) is 37.6 Å². The van der Waals surface area contributed by atoms with E-state index in [1.165, 1.54) is 6.42 Å². The molecule has 0 bridgehead atoms. The number of rotatable bonds is 7. The Kier molecular flexibility index (Phi) is 7.37. The van der Waals surface area contributed by atoms with Crippen LogP contribution in [-0.4, -0.2) is 62.1 Å². The van der Waals surface area contributed by atoms with Gasteiger partial charge in [-0.1, -0.05) is 12.1 Å². The number of likely N-dealkylation sites (tertiary alicyclic amines) is 1. The van der Waals surface area contributed by atoms with E-state index in [1.54, 1.807) is 0 Å². The van der Waals surface area contributed by atoms with Gasteiger partial charge in [-0.2, -0.15) is 0 Å². The molecule has 0 unspecified atom stereocenters. The molecular weight excluding hydrogens is 416 g/mol. The zero-order chi connectivity index (χ0) is 23.2. The fourth-order valence-corrected chi connectivity index (χ4v) is 4.62. The topological polar surface area (TPSA) is 65.1 Å². The summed E-state index contributed by atoms with van der Waals surface area (Å²) in [6, 6.07) is 15.5. The summed E-state index contributed by atoms with van der Waals surface area (Å²) < 4.78 is 6.06. The number of amides is 2. The molecule has 0 radical (unpaired) electrons. The molecule has 0 saturated carbocycles. The van der Waals surface area contributed by atoms with Crippen molar-refractivity contribution in [3.63, 3.8) is 0 Å². The van der Waals surface area contributed by atoms with Gasteiger partial charge in [0.05, 0.1) is 18.8 Å². The summed E-state index contributed by atoms with van der Waals surface area (Å²) >= 11 is 0. The number of nitrogens with zero attached hydrogens (tertiary/aromatic N) is 3. The lowest BCUT2D eigenvalue weighted by Gasteiger charge is -2.38. The van der Waals surface area contributed by atoms with Crippen LogP contribution in [0.5, 0.6) is 5.75 Å². The molecule has 2 aromatic rings. The molecule has 0 aliphatic carbocycles. The van der Waals surface area contributed by atoms with E-state index in [2.05, 4.69) is 24.1 Å². The van der Waals surface area contributed by atoms with Gasteiger partial charge in [0.1, 0.15) is 5.75 Å². The highest BCUT2D eigenvalue weighted by Crippen LogP contribution is 2.33. The number of para-hydroxylation sites is 2. The molecule has 1 atom stereocenters. The molecule has 176 valence electrons. The molecule has 33 heavy (non-hydrogen) atoms. The number of benzene rings is 2. The van der Waals surface area contributed by atoms with Crippen LogP contribution in [0.1, 0.15) is 33.1 Å². The second-order valence-electron chi connectivity index (χ2n) is 8.61. The van der Waals surface area contributed by atoms with Crippen molar-refractivity contribution in [2.45, 2.75) is 39.2 Å². The van der Waals surface area contributed by atoms with Crippen LogP contribution in [0.2, 0.25) is 0 Å². The second-order valence-corrected chi connectivity index (χ2v) is 8.61. The van der Waals surface area contributed by atoms with E-state index >= 15 is 0 Å². The molecular formula is C26H34N4O3. The van der Waals surface area contributed by atoms with Gasteiger partial charge in [0.15, 0.2) is 6.10 Å². The number of carbonyl (C=O) groups is 2. The molecule has 7 heteroatoms. The molecule has 2 aromatic carbocycles. The van der Waals surface area contributed by atoms with Crippen molar-refractivity contribution in [1.29, 1.82) is 0 Å². The van der Waals surface area contributed by atoms with Crippen molar-refractivity contribution in [3.05, 3.63) is 48.5 Å². The van der Waals surface area contributed by atoms with Crippen molar-refractivity contribution in [2.24, 2.45) is 0 Å². The zero-order valence-corrected chi connectivity index (χ0v) is 19.6. The van der Waals surface area contributed by atoms with Gasteiger partial charge < -0.3 is 24.8 Å². The predicted molar refractivity (Wildman–Crippen MR) is 132 cm³/mol. The van der Waals surface area contributed by atoms with Crippen molar-refractivity contribution in [1.82, 2.24) is 4.90 Å². The second kappa shape index (κ2) is 10.6. The Balaban J connectivity index is 1.43. The molecule has 1 N–H and O–H groups in total. The minimum absolute atomic E-state index is 0.0154. The Morgan fingerprint density at radius 3 is 2.39 bits per heavy atom. The largest absolute Gasteiger partial charge is 0.477 e. The van der Waals surface area contributed by atoms with Crippen LogP contribution in [-0.2, 0) is 9.59 Å². The van der Waals surface area contributed by atoms with Crippen LogP contribution >= 0.6 is 0 Å². The Labute approximate surface area is 196 Å². The molecule has 0 spiro atoms. The van der Waals surface area contributed by atoms with Crippen molar-refractivity contribution >= 4 is 28.9 Å². The molecule has 2 amide bonds. The summed E-state index contributed by atoms with van der Waals surface area (Å²) in [4.78, 5) is 32.1. The zero-order valence-electron chi connectivity index (χ0n) is 19.6. The van der Waals surface area contributed by atoms with Crippen LogP contribution in [0.25, 0.3) is 0 Å². The van der Waals surface area contributed by atoms with Gasteiger partial charge in [-0.05, 0) is 69.5 Å². The molecule has 4 rings (SSSR count). The number of anilines is 3. The third-order valence-corrected chi connectivity index (χ3v) is 6.42. The van der Waals surface area contributed by atoms with E-state index in [1.807, 2.05) is 58.3 Å². The lowest BCUT2D eigenvalue weighted by atomic mass is 10.1. The molecule has 2 aliphatic heterocycles. The maximum atomic E-state index is 13.1. The first-order chi connectivity index (χ1) is 16.1. The fourth-order valence-electron chi connectivity index (χ4n) is 4.62. The van der Waals surface area contributed by atoms with E-state index in [-0.39, 0.29) is 18.4 Å². The lowest BCUT2D eigenvalue weighted by molar-refractivity contribution is -0.139. The van der Waals surface area contributed by atoms with Gasteiger partial charge in [-0.25, -0.2) is 0 Å². The van der Waals surface area contributed by atoms with Crippen molar-refractivity contribution < 1.29 is 14.3 Å². The highest BCUT2D eigenvalue weighted by Gasteiger charge is 2.34. The van der Waals surface area contributed by atoms with Gasteiger partial charge in [-0.3, -0.25) is 9.59 Å². The van der Waals surface area contributed by atoms with Crippen molar-refractivity contribution in [2.75, 3.05) is 54.4 Å². The lowest BCUT2D eigenvalue weighted by Crippen LogP contribution is -2.52. The van der Waals surface area contributed by atoms with Gasteiger partial charge in [0.2, 0.25) is 5.91 Å².